The van der Waals surface area contributed by atoms with Gasteiger partial charge in [-0.05, 0) is 42.3 Å². The van der Waals surface area contributed by atoms with Crippen LogP contribution in [-0.4, -0.2) is 27.8 Å². The number of ether oxygens (including phenoxy) is 1. The molecule has 0 saturated carbocycles. The molecule has 0 aliphatic heterocycles. The van der Waals surface area contributed by atoms with E-state index in [1.165, 1.54) is 11.3 Å². The van der Waals surface area contributed by atoms with Gasteiger partial charge in [-0.2, -0.15) is 5.10 Å². The molecule has 1 amide bonds. The third-order valence-electron chi connectivity index (χ3n) is 4.14. The molecule has 0 unspecified atom stereocenters. The molecule has 2 heterocycles. The summed E-state index contributed by atoms with van der Waals surface area (Å²) in [5.41, 5.74) is 2.86. The van der Waals surface area contributed by atoms with E-state index >= 15 is 0 Å². The summed E-state index contributed by atoms with van der Waals surface area (Å²) in [5, 5.41) is 7.83. The first-order chi connectivity index (χ1) is 13.2. The molecule has 4 rings (SSSR count). The van der Waals surface area contributed by atoms with Crippen LogP contribution in [0.25, 0.3) is 15.9 Å². The first-order valence-corrected chi connectivity index (χ1v) is 9.36. The summed E-state index contributed by atoms with van der Waals surface area (Å²) in [6, 6.07) is 15.6. The Kier molecular flexibility index (Phi) is 4.84. The van der Waals surface area contributed by atoms with E-state index in [0.717, 1.165) is 27.2 Å². The molecule has 0 atom stereocenters. The predicted octanol–water partition coefficient (Wildman–Crippen LogP) is 4.06. The number of anilines is 1. The number of carbonyl (C=O) groups excluding carboxylic acids is 1. The van der Waals surface area contributed by atoms with Gasteiger partial charge in [0.25, 0.3) is 0 Å². The Hall–Kier alpha value is -3.19. The monoisotopic (exact) mass is 378 g/mol. The highest BCUT2D eigenvalue weighted by atomic mass is 32.1. The van der Waals surface area contributed by atoms with Crippen LogP contribution in [0.1, 0.15) is 12.0 Å². The van der Waals surface area contributed by atoms with Crippen LogP contribution in [0.4, 0.5) is 5.13 Å². The van der Waals surface area contributed by atoms with E-state index in [0.29, 0.717) is 18.0 Å². The van der Waals surface area contributed by atoms with Gasteiger partial charge in [0.1, 0.15) is 5.75 Å². The smallest absolute Gasteiger partial charge is 0.226 e. The van der Waals surface area contributed by atoms with Crippen LogP contribution < -0.4 is 10.1 Å². The van der Waals surface area contributed by atoms with Crippen molar-refractivity contribution in [3.8, 4) is 11.4 Å². The number of nitrogens with zero attached hydrogens (tertiary/aromatic N) is 3. The minimum Gasteiger partial charge on any atom is -0.497 e. The van der Waals surface area contributed by atoms with E-state index in [2.05, 4.69) is 15.4 Å². The molecule has 6 nitrogen and oxygen atoms in total. The number of hydrogen-bond donors (Lipinski definition) is 1. The molecule has 0 fully saturated rings. The molecule has 0 aliphatic carbocycles. The Bertz CT molecular complexity index is 1070. The topological polar surface area (TPSA) is 69.0 Å². The predicted molar refractivity (Wildman–Crippen MR) is 107 cm³/mol. The Labute approximate surface area is 160 Å². The average molecular weight is 378 g/mol. The highest BCUT2D eigenvalue weighted by Crippen LogP contribution is 2.29. The van der Waals surface area contributed by atoms with E-state index in [-0.39, 0.29) is 5.91 Å². The van der Waals surface area contributed by atoms with Crippen molar-refractivity contribution in [3.05, 3.63) is 66.5 Å². The molecular formula is C20H18N4O2S. The molecule has 4 aromatic rings. The molecule has 0 bridgehead atoms. The van der Waals surface area contributed by atoms with Crippen LogP contribution in [-0.2, 0) is 11.2 Å². The van der Waals surface area contributed by atoms with Crippen molar-refractivity contribution >= 4 is 32.6 Å². The Balaban J connectivity index is 1.37. The highest BCUT2D eigenvalue weighted by molar-refractivity contribution is 7.22. The maximum Gasteiger partial charge on any atom is 0.226 e. The summed E-state index contributed by atoms with van der Waals surface area (Å²) >= 11 is 1.44. The van der Waals surface area contributed by atoms with Gasteiger partial charge in [-0.25, -0.2) is 9.67 Å². The molecule has 0 saturated heterocycles. The number of hydrogen-bond acceptors (Lipinski definition) is 5. The minimum atomic E-state index is -0.0616. The number of rotatable bonds is 6. The first kappa shape index (κ1) is 17.2. The van der Waals surface area contributed by atoms with Crippen LogP contribution in [0.5, 0.6) is 5.75 Å². The molecule has 0 spiro atoms. The van der Waals surface area contributed by atoms with Crippen molar-refractivity contribution in [1.82, 2.24) is 14.8 Å². The lowest BCUT2D eigenvalue weighted by Gasteiger charge is -2.00. The molecule has 0 radical (unpaired) electrons. The van der Waals surface area contributed by atoms with Gasteiger partial charge in [0, 0.05) is 12.6 Å². The lowest BCUT2D eigenvalue weighted by Crippen LogP contribution is -2.11. The standard InChI is InChI=1S/C20H18N4O2S/c1-26-16-8-9-17-18(11-16)27-20(22-17)23-19(25)10-7-14-12-21-24(13-14)15-5-3-2-4-6-15/h2-6,8-9,11-13H,7,10H2,1H3,(H,22,23,25). The maximum absolute atomic E-state index is 12.3. The van der Waals surface area contributed by atoms with Crippen molar-refractivity contribution in [1.29, 1.82) is 0 Å². The van der Waals surface area contributed by atoms with Crippen LogP contribution in [0, 0.1) is 0 Å². The van der Waals surface area contributed by atoms with Crippen LogP contribution >= 0.6 is 11.3 Å². The van der Waals surface area contributed by atoms with Gasteiger partial charge in [-0.3, -0.25) is 4.79 Å². The van der Waals surface area contributed by atoms with Gasteiger partial charge in [0.15, 0.2) is 5.13 Å². The number of benzene rings is 2. The summed E-state index contributed by atoms with van der Waals surface area (Å²) < 4.78 is 8.01. The number of methoxy groups -OCH3 is 1. The molecule has 27 heavy (non-hydrogen) atoms. The number of aromatic nitrogens is 3. The second-order valence-corrected chi connectivity index (χ2v) is 7.06. The largest absolute Gasteiger partial charge is 0.497 e. The van der Waals surface area contributed by atoms with Crippen molar-refractivity contribution < 1.29 is 9.53 Å². The summed E-state index contributed by atoms with van der Waals surface area (Å²) in [5.74, 6) is 0.716. The number of carbonyl (C=O) groups is 1. The lowest BCUT2D eigenvalue weighted by molar-refractivity contribution is -0.116. The zero-order valence-electron chi connectivity index (χ0n) is 14.8. The third-order valence-corrected chi connectivity index (χ3v) is 5.07. The van der Waals surface area contributed by atoms with E-state index in [9.17, 15) is 4.79 Å². The Morgan fingerprint density at radius 2 is 2.07 bits per heavy atom. The molecule has 2 aromatic carbocycles. The number of aryl methyl sites for hydroxylation is 1. The summed E-state index contributed by atoms with van der Waals surface area (Å²) in [4.78, 5) is 16.7. The molecule has 7 heteroatoms. The van der Waals surface area contributed by atoms with E-state index in [4.69, 9.17) is 4.74 Å². The van der Waals surface area contributed by atoms with Crippen LogP contribution in [0.3, 0.4) is 0 Å². The SMILES string of the molecule is COc1ccc2nc(NC(=O)CCc3cnn(-c4ccccc4)c3)sc2c1. The van der Waals surface area contributed by atoms with Crippen LogP contribution in [0.15, 0.2) is 60.9 Å². The fourth-order valence-electron chi connectivity index (χ4n) is 2.74. The Morgan fingerprint density at radius 1 is 1.22 bits per heavy atom. The fraction of sp³-hybridized carbons (Fsp3) is 0.150. The second kappa shape index (κ2) is 7.59. The van der Waals surface area contributed by atoms with Gasteiger partial charge in [0.2, 0.25) is 5.91 Å². The molecule has 1 N–H and O–H groups in total. The van der Waals surface area contributed by atoms with Crippen molar-refractivity contribution in [2.45, 2.75) is 12.8 Å². The molecule has 136 valence electrons. The average Bonchev–Trinajstić information content (AvgIpc) is 3.33. The summed E-state index contributed by atoms with van der Waals surface area (Å²) in [7, 11) is 1.63. The number of nitrogens with one attached hydrogen (secondary N) is 1. The summed E-state index contributed by atoms with van der Waals surface area (Å²) in [6.45, 7) is 0. The number of amides is 1. The highest BCUT2D eigenvalue weighted by Gasteiger charge is 2.10. The van der Waals surface area contributed by atoms with Crippen molar-refractivity contribution in [2.75, 3.05) is 12.4 Å². The van der Waals surface area contributed by atoms with Crippen molar-refractivity contribution in [2.24, 2.45) is 0 Å². The fourth-order valence-corrected chi connectivity index (χ4v) is 3.65. The molecule has 2 aromatic heterocycles. The van der Waals surface area contributed by atoms with Gasteiger partial charge >= 0.3 is 0 Å². The normalized spacial score (nSPS) is 10.9. The number of fused-ring (bicyclic) bond motifs is 1. The molecular weight excluding hydrogens is 360 g/mol. The zero-order chi connectivity index (χ0) is 18.6. The maximum atomic E-state index is 12.3. The second-order valence-electron chi connectivity index (χ2n) is 6.03. The number of thiazole rings is 1. The molecule has 0 aliphatic rings. The van der Waals surface area contributed by atoms with Crippen LogP contribution in [0.2, 0.25) is 0 Å². The zero-order valence-corrected chi connectivity index (χ0v) is 15.6. The third kappa shape index (κ3) is 3.98. The Morgan fingerprint density at radius 3 is 2.89 bits per heavy atom. The van der Waals surface area contributed by atoms with E-state index in [1.54, 1.807) is 13.3 Å². The van der Waals surface area contributed by atoms with E-state index in [1.807, 2.05) is 59.4 Å². The van der Waals surface area contributed by atoms with Gasteiger partial charge < -0.3 is 10.1 Å². The van der Waals surface area contributed by atoms with Crippen molar-refractivity contribution in [3.63, 3.8) is 0 Å². The van der Waals surface area contributed by atoms with Gasteiger partial charge in [-0.15, -0.1) is 0 Å². The first-order valence-electron chi connectivity index (χ1n) is 8.55. The number of para-hydroxylation sites is 1. The van der Waals surface area contributed by atoms with Gasteiger partial charge in [-0.1, -0.05) is 29.5 Å². The quantitative estimate of drug-likeness (QED) is 0.549. The lowest BCUT2D eigenvalue weighted by atomic mass is 10.2. The van der Waals surface area contributed by atoms with E-state index < -0.39 is 0 Å². The summed E-state index contributed by atoms with van der Waals surface area (Å²) in [6.07, 6.45) is 4.74. The minimum absolute atomic E-state index is 0.0616. The van der Waals surface area contributed by atoms with Gasteiger partial charge in [0.05, 0.1) is 29.2 Å².